The van der Waals surface area contributed by atoms with Gasteiger partial charge in [0.2, 0.25) is 15.9 Å². The van der Waals surface area contributed by atoms with E-state index in [9.17, 15) is 13.2 Å². The van der Waals surface area contributed by atoms with Gasteiger partial charge in [-0.15, -0.1) is 0 Å². The van der Waals surface area contributed by atoms with Crippen LogP contribution in [0.4, 0.5) is 5.69 Å². The first kappa shape index (κ1) is 17.7. The van der Waals surface area contributed by atoms with Gasteiger partial charge in [-0.1, -0.05) is 38.7 Å². The molecular formula is C15H24N2O3S. The fourth-order valence-corrected chi connectivity index (χ4v) is 2.55. The highest BCUT2D eigenvalue weighted by Crippen LogP contribution is 2.20. The highest BCUT2D eigenvalue weighted by atomic mass is 32.2. The highest BCUT2D eigenvalue weighted by Gasteiger charge is 2.11. The Morgan fingerprint density at radius 1 is 1.19 bits per heavy atom. The molecule has 0 spiro atoms. The van der Waals surface area contributed by atoms with E-state index in [0.29, 0.717) is 12.1 Å². The lowest BCUT2D eigenvalue weighted by atomic mass is 10.1. The van der Waals surface area contributed by atoms with Gasteiger partial charge in [0.25, 0.3) is 0 Å². The van der Waals surface area contributed by atoms with Crippen LogP contribution in [0.2, 0.25) is 0 Å². The zero-order valence-corrected chi connectivity index (χ0v) is 13.5. The third-order valence-electron chi connectivity index (χ3n) is 3.32. The van der Waals surface area contributed by atoms with Crippen LogP contribution in [0.5, 0.6) is 0 Å². The molecule has 21 heavy (non-hydrogen) atoms. The van der Waals surface area contributed by atoms with Crippen LogP contribution in [0.15, 0.2) is 23.1 Å². The second-order valence-electron chi connectivity index (χ2n) is 5.23. The van der Waals surface area contributed by atoms with Crippen LogP contribution in [-0.4, -0.2) is 14.3 Å². The van der Waals surface area contributed by atoms with Crippen LogP contribution >= 0.6 is 0 Å². The molecule has 1 amide bonds. The predicted octanol–water partition coefficient (Wildman–Crippen LogP) is 2.94. The molecule has 0 bridgehead atoms. The van der Waals surface area contributed by atoms with Crippen LogP contribution in [0.3, 0.4) is 0 Å². The van der Waals surface area contributed by atoms with Crippen LogP contribution in [0, 0.1) is 6.92 Å². The third kappa shape index (κ3) is 6.27. The number of amides is 1. The van der Waals surface area contributed by atoms with E-state index in [1.807, 2.05) is 6.92 Å². The summed E-state index contributed by atoms with van der Waals surface area (Å²) >= 11 is 0. The molecule has 1 aromatic carbocycles. The first-order chi connectivity index (χ1) is 9.84. The van der Waals surface area contributed by atoms with Gasteiger partial charge in [0.15, 0.2) is 0 Å². The number of hydrogen-bond donors (Lipinski definition) is 2. The number of nitrogens with two attached hydrogens (primary N) is 1. The smallest absolute Gasteiger partial charge is 0.238 e. The first-order valence-corrected chi connectivity index (χ1v) is 8.82. The molecule has 0 fully saturated rings. The molecule has 0 radical (unpaired) electrons. The van der Waals surface area contributed by atoms with E-state index in [-0.39, 0.29) is 10.8 Å². The Balaban J connectivity index is 2.59. The second kappa shape index (κ2) is 8.14. The summed E-state index contributed by atoms with van der Waals surface area (Å²) in [4.78, 5) is 11.9. The molecule has 0 unspecified atom stereocenters. The van der Waals surface area contributed by atoms with Gasteiger partial charge in [-0.05, 0) is 31.0 Å². The fraction of sp³-hybridized carbons (Fsp3) is 0.533. The number of nitrogens with one attached hydrogen (secondary N) is 1. The van der Waals surface area contributed by atoms with Crippen molar-refractivity contribution in [3.05, 3.63) is 23.8 Å². The van der Waals surface area contributed by atoms with Crippen molar-refractivity contribution in [2.24, 2.45) is 5.14 Å². The largest absolute Gasteiger partial charge is 0.326 e. The fourth-order valence-electron chi connectivity index (χ4n) is 2.01. The monoisotopic (exact) mass is 312 g/mol. The molecule has 6 heteroatoms. The minimum atomic E-state index is -3.76. The van der Waals surface area contributed by atoms with Crippen LogP contribution in [-0.2, 0) is 14.8 Å². The lowest BCUT2D eigenvalue weighted by Crippen LogP contribution is -2.15. The molecule has 0 atom stereocenters. The lowest BCUT2D eigenvalue weighted by molar-refractivity contribution is -0.116. The van der Waals surface area contributed by atoms with Gasteiger partial charge in [0.05, 0.1) is 4.90 Å². The topological polar surface area (TPSA) is 89.3 Å². The number of primary sulfonamides is 1. The Labute approximate surface area is 127 Å². The van der Waals surface area contributed by atoms with Crippen molar-refractivity contribution in [3.63, 3.8) is 0 Å². The highest BCUT2D eigenvalue weighted by molar-refractivity contribution is 7.89. The second-order valence-corrected chi connectivity index (χ2v) is 6.80. The van der Waals surface area contributed by atoms with Gasteiger partial charge in [-0.3, -0.25) is 4.79 Å². The number of unbranched alkanes of at least 4 members (excludes halogenated alkanes) is 4. The third-order valence-corrected chi connectivity index (χ3v) is 4.23. The number of anilines is 1. The van der Waals surface area contributed by atoms with Crippen molar-refractivity contribution in [1.82, 2.24) is 0 Å². The summed E-state index contributed by atoms with van der Waals surface area (Å²) in [6, 6.07) is 4.47. The van der Waals surface area contributed by atoms with E-state index >= 15 is 0 Å². The number of aryl methyl sites for hydroxylation is 1. The first-order valence-electron chi connectivity index (χ1n) is 7.28. The van der Waals surface area contributed by atoms with Gasteiger partial charge >= 0.3 is 0 Å². The number of benzene rings is 1. The van der Waals surface area contributed by atoms with Crippen LogP contribution < -0.4 is 10.5 Å². The maximum atomic E-state index is 11.9. The summed E-state index contributed by atoms with van der Waals surface area (Å²) in [5.74, 6) is -0.0961. The Morgan fingerprint density at radius 3 is 2.48 bits per heavy atom. The summed E-state index contributed by atoms with van der Waals surface area (Å²) in [5, 5.41) is 7.85. The normalized spacial score (nSPS) is 11.4. The maximum absolute atomic E-state index is 11.9. The molecular weight excluding hydrogens is 288 g/mol. The standard InChI is InChI=1S/C15H24N2O3S/c1-3-4-5-6-7-8-15(18)17-14-11-13(21(16,19)20)10-9-12(14)2/h9-11H,3-8H2,1-2H3,(H,17,18)(H2,16,19,20). The number of hydrogen-bond acceptors (Lipinski definition) is 3. The van der Waals surface area contributed by atoms with E-state index in [1.165, 1.54) is 25.0 Å². The van der Waals surface area contributed by atoms with Crippen molar-refractivity contribution in [2.45, 2.75) is 57.3 Å². The number of carbonyl (C=O) groups is 1. The average molecular weight is 312 g/mol. The van der Waals surface area contributed by atoms with Gasteiger partial charge in [-0.2, -0.15) is 0 Å². The minimum absolute atomic E-state index is 0.00588. The molecule has 0 heterocycles. The summed E-state index contributed by atoms with van der Waals surface area (Å²) in [7, 11) is -3.76. The van der Waals surface area contributed by atoms with E-state index in [0.717, 1.165) is 24.8 Å². The average Bonchev–Trinajstić information content (AvgIpc) is 2.40. The predicted molar refractivity (Wildman–Crippen MR) is 84.6 cm³/mol. The SMILES string of the molecule is CCCCCCCC(=O)Nc1cc(S(N)(=O)=O)ccc1C. The van der Waals surface area contributed by atoms with E-state index in [4.69, 9.17) is 5.14 Å². The molecule has 0 saturated heterocycles. The Hall–Kier alpha value is -1.40. The number of sulfonamides is 1. The van der Waals surface area contributed by atoms with Crippen molar-refractivity contribution >= 4 is 21.6 Å². The summed E-state index contributed by atoms with van der Waals surface area (Å²) in [6.45, 7) is 3.96. The molecule has 1 aromatic rings. The molecule has 1 rings (SSSR count). The minimum Gasteiger partial charge on any atom is -0.326 e. The van der Waals surface area contributed by atoms with Crippen LogP contribution in [0.1, 0.15) is 51.0 Å². The van der Waals surface area contributed by atoms with Crippen LogP contribution in [0.25, 0.3) is 0 Å². The van der Waals surface area contributed by atoms with E-state index in [2.05, 4.69) is 12.2 Å². The molecule has 0 aliphatic rings. The molecule has 3 N–H and O–H groups in total. The Morgan fingerprint density at radius 2 is 1.86 bits per heavy atom. The lowest BCUT2D eigenvalue weighted by Gasteiger charge is -2.10. The summed E-state index contributed by atoms with van der Waals surface area (Å²) in [6.07, 6.45) is 5.84. The molecule has 0 aliphatic carbocycles. The molecule has 5 nitrogen and oxygen atoms in total. The molecule has 0 aromatic heterocycles. The van der Waals surface area contributed by atoms with Crippen molar-refractivity contribution in [1.29, 1.82) is 0 Å². The van der Waals surface area contributed by atoms with Crippen molar-refractivity contribution < 1.29 is 13.2 Å². The van der Waals surface area contributed by atoms with Gasteiger partial charge in [-0.25, -0.2) is 13.6 Å². The summed E-state index contributed by atoms with van der Waals surface area (Å²) < 4.78 is 22.6. The quantitative estimate of drug-likeness (QED) is 0.723. The number of carbonyl (C=O) groups excluding carboxylic acids is 1. The maximum Gasteiger partial charge on any atom is 0.238 e. The van der Waals surface area contributed by atoms with Crippen molar-refractivity contribution in [2.75, 3.05) is 5.32 Å². The van der Waals surface area contributed by atoms with Gasteiger partial charge in [0.1, 0.15) is 0 Å². The zero-order valence-electron chi connectivity index (χ0n) is 12.7. The zero-order chi connectivity index (χ0) is 15.9. The number of rotatable bonds is 8. The van der Waals surface area contributed by atoms with Gasteiger partial charge < -0.3 is 5.32 Å². The van der Waals surface area contributed by atoms with Gasteiger partial charge in [0, 0.05) is 12.1 Å². The Bertz CT molecular complexity index is 583. The molecule has 0 aliphatic heterocycles. The molecule has 118 valence electrons. The Kier molecular flexibility index (Phi) is 6.84. The summed E-state index contributed by atoms with van der Waals surface area (Å²) in [5.41, 5.74) is 1.31. The van der Waals surface area contributed by atoms with E-state index in [1.54, 1.807) is 6.07 Å². The van der Waals surface area contributed by atoms with E-state index < -0.39 is 10.0 Å². The van der Waals surface area contributed by atoms with Crippen molar-refractivity contribution in [3.8, 4) is 0 Å². The molecule has 0 saturated carbocycles.